The normalized spacial score (nSPS) is 11.4. The summed E-state index contributed by atoms with van der Waals surface area (Å²) >= 11 is 1.71. The Balaban J connectivity index is 1.28. The summed E-state index contributed by atoms with van der Waals surface area (Å²) in [5, 5.41) is 13.7. The van der Waals surface area contributed by atoms with Crippen LogP contribution in [0.15, 0.2) is 103 Å². The van der Waals surface area contributed by atoms with Crippen molar-refractivity contribution >= 4 is 54.8 Å². The summed E-state index contributed by atoms with van der Waals surface area (Å²) in [6.07, 6.45) is 1.77. The highest BCUT2D eigenvalue weighted by Crippen LogP contribution is 2.37. The maximum Gasteiger partial charge on any atom is 0.255 e. The highest BCUT2D eigenvalue weighted by Gasteiger charge is 2.17. The number of anilines is 1. The highest BCUT2D eigenvalue weighted by molar-refractivity contribution is 7.22. The first kappa shape index (κ1) is 20.7. The van der Waals surface area contributed by atoms with Gasteiger partial charge in [-0.05, 0) is 47.9 Å². The smallest absolute Gasteiger partial charge is 0.255 e. The molecule has 0 bridgehead atoms. The fraction of sp³-hybridized carbons (Fsp3) is 0. The number of hydrogen-bond donors (Lipinski definition) is 3. The predicted octanol–water partition coefficient (Wildman–Crippen LogP) is 7.85. The number of aromatic amines is 2. The SMILES string of the molecule is O=C(Nc1ccccc1-c1cc2ccccc2[nH]1)c1cc(-c2cc3ccccc3s2)c2[nH]ncc2c1. The summed E-state index contributed by atoms with van der Waals surface area (Å²) < 4.78 is 1.21. The molecule has 7 aromatic rings. The number of carbonyl (C=O) groups is 1. The van der Waals surface area contributed by atoms with Gasteiger partial charge < -0.3 is 10.3 Å². The monoisotopic (exact) mass is 484 g/mol. The number of carbonyl (C=O) groups excluding carboxylic acids is 1. The quantitative estimate of drug-likeness (QED) is 0.238. The molecule has 172 valence electrons. The molecule has 0 spiro atoms. The summed E-state index contributed by atoms with van der Waals surface area (Å²) in [7, 11) is 0. The standard InChI is InChI=1S/C30H20N4OS/c35-30(33-25-11-5-3-9-22(25)26-15-18-7-1-4-10-24(18)32-26)20-13-21-17-31-34-29(21)23(14-20)28-16-19-8-2-6-12-27(19)36-28/h1-17,32H,(H,31,34)(H,33,35). The molecule has 36 heavy (non-hydrogen) atoms. The first-order valence-corrected chi connectivity index (χ1v) is 12.5. The lowest BCUT2D eigenvalue weighted by Crippen LogP contribution is -2.12. The van der Waals surface area contributed by atoms with Crippen LogP contribution in [0.2, 0.25) is 0 Å². The molecule has 3 aromatic heterocycles. The van der Waals surface area contributed by atoms with E-state index >= 15 is 0 Å². The minimum atomic E-state index is -0.163. The molecule has 0 unspecified atom stereocenters. The van der Waals surface area contributed by atoms with Gasteiger partial charge >= 0.3 is 0 Å². The van der Waals surface area contributed by atoms with Gasteiger partial charge in [-0.3, -0.25) is 9.89 Å². The van der Waals surface area contributed by atoms with Crippen molar-refractivity contribution in [1.29, 1.82) is 0 Å². The third-order valence-electron chi connectivity index (χ3n) is 6.50. The van der Waals surface area contributed by atoms with Crippen LogP contribution in [0.5, 0.6) is 0 Å². The van der Waals surface area contributed by atoms with Crippen LogP contribution in [0.25, 0.3) is 53.6 Å². The number of hydrogen-bond acceptors (Lipinski definition) is 3. The van der Waals surface area contributed by atoms with Crippen molar-refractivity contribution in [2.24, 2.45) is 0 Å². The predicted molar refractivity (Wildman–Crippen MR) is 149 cm³/mol. The van der Waals surface area contributed by atoms with Gasteiger partial charge in [-0.15, -0.1) is 11.3 Å². The Kier molecular flexibility index (Phi) is 4.72. The summed E-state index contributed by atoms with van der Waals surface area (Å²) in [5.41, 5.74) is 6.20. The van der Waals surface area contributed by atoms with E-state index in [-0.39, 0.29) is 5.91 Å². The number of H-pyrrole nitrogens is 2. The summed E-state index contributed by atoms with van der Waals surface area (Å²) in [6.45, 7) is 0. The lowest BCUT2D eigenvalue weighted by molar-refractivity contribution is 0.102. The molecule has 1 amide bonds. The maximum atomic E-state index is 13.5. The number of thiophene rings is 1. The molecular formula is C30H20N4OS. The van der Waals surface area contributed by atoms with Gasteiger partial charge in [-0.25, -0.2) is 0 Å². The number of benzene rings is 4. The molecule has 0 saturated heterocycles. The molecule has 3 N–H and O–H groups in total. The first-order chi connectivity index (χ1) is 17.7. The lowest BCUT2D eigenvalue weighted by Gasteiger charge is -2.11. The van der Waals surface area contributed by atoms with Gasteiger partial charge in [0.15, 0.2) is 0 Å². The van der Waals surface area contributed by atoms with Gasteiger partial charge in [0.25, 0.3) is 5.91 Å². The van der Waals surface area contributed by atoms with E-state index in [1.54, 1.807) is 17.5 Å². The molecule has 6 heteroatoms. The molecule has 0 fully saturated rings. The van der Waals surface area contributed by atoms with Crippen LogP contribution >= 0.6 is 11.3 Å². The molecule has 0 saturated carbocycles. The number of amides is 1. The van der Waals surface area contributed by atoms with Gasteiger partial charge in [0.1, 0.15) is 0 Å². The second-order valence-electron chi connectivity index (χ2n) is 8.78. The molecular weight excluding hydrogens is 464 g/mol. The Labute approximate surface area is 210 Å². The minimum Gasteiger partial charge on any atom is -0.354 e. The van der Waals surface area contributed by atoms with E-state index in [0.717, 1.165) is 49.2 Å². The van der Waals surface area contributed by atoms with E-state index in [4.69, 9.17) is 0 Å². The van der Waals surface area contributed by atoms with Gasteiger partial charge in [-0.2, -0.15) is 5.10 Å². The van der Waals surface area contributed by atoms with Gasteiger partial charge in [-0.1, -0.05) is 54.6 Å². The molecule has 0 radical (unpaired) electrons. The van der Waals surface area contributed by atoms with Crippen molar-refractivity contribution in [1.82, 2.24) is 15.2 Å². The van der Waals surface area contributed by atoms with Crippen molar-refractivity contribution in [2.45, 2.75) is 0 Å². The molecule has 7 rings (SSSR count). The lowest BCUT2D eigenvalue weighted by atomic mass is 10.0. The molecule has 0 atom stereocenters. The third-order valence-corrected chi connectivity index (χ3v) is 7.65. The van der Waals surface area contributed by atoms with E-state index in [1.165, 1.54) is 10.1 Å². The number of nitrogens with zero attached hydrogens (tertiary/aromatic N) is 1. The Morgan fingerprint density at radius 3 is 2.47 bits per heavy atom. The van der Waals surface area contributed by atoms with Crippen LogP contribution < -0.4 is 5.32 Å². The zero-order valence-corrected chi connectivity index (χ0v) is 19.9. The van der Waals surface area contributed by atoms with Crippen LogP contribution in [0, 0.1) is 0 Å². The van der Waals surface area contributed by atoms with Crippen molar-refractivity contribution < 1.29 is 4.79 Å². The topological polar surface area (TPSA) is 73.6 Å². The highest BCUT2D eigenvalue weighted by atomic mass is 32.1. The third kappa shape index (κ3) is 3.47. The fourth-order valence-electron chi connectivity index (χ4n) is 4.74. The summed E-state index contributed by atoms with van der Waals surface area (Å²) in [5.74, 6) is -0.163. The maximum absolute atomic E-state index is 13.5. The average molecular weight is 485 g/mol. The van der Waals surface area contributed by atoms with E-state index in [2.05, 4.69) is 56.9 Å². The van der Waals surface area contributed by atoms with Crippen LogP contribution in [0.1, 0.15) is 10.4 Å². The van der Waals surface area contributed by atoms with E-state index in [9.17, 15) is 4.79 Å². The van der Waals surface area contributed by atoms with Gasteiger partial charge in [0, 0.05) is 48.3 Å². The first-order valence-electron chi connectivity index (χ1n) is 11.7. The molecule has 0 aliphatic carbocycles. The Bertz CT molecular complexity index is 1840. The second-order valence-corrected chi connectivity index (χ2v) is 9.86. The number of fused-ring (bicyclic) bond motifs is 3. The zero-order chi connectivity index (χ0) is 24.1. The van der Waals surface area contributed by atoms with Crippen LogP contribution in [0.4, 0.5) is 5.69 Å². The molecule has 5 nitrogen and oxygen atoms in total. The molecule has 0 aliphatic heterocycles. The van der Waals surface area contributed by atoms with Crippen molar-refractivity contribution in [3.8, 4) is 21.7 Å². The molecule has 3 heterocycles. The van der Waals surface area contributed by atoms with E-state index in [1.807, 2.05) is 60.7 Å². The number of rotatable bonds is 4. The Hall–Kier alpha value is -4.68. The summed E-state index contributed by atoms with van der Waals surface area (Å²) in [4.78, 5) is 18.1. The molecule has 0 aliphatic rings. The largest absolute Gasteiger partial charge is 0.354 e. The van der Waals surface area contributed by atoms with Crippen molar-refractivity contribution in [3.63, 3.8) is 0 Å². The Morgan fingerprint density at radius 2 is 1.58 bits per heavy atom. The van der Waals surface area contributed by atoms with Crippen LogP contribution in [-0.2, 0) is 0 Å². The Morgan fingerprint density at radius 1 is 0.778 bits per heavy atom. The van der Waals surface area contributed by atoms with Crippen molar-refractivity contribution in [3.05, 3.63) is 109 Å². The zero-order valence-electron chi connectivity index (χ0n) is 19.1. The number of aromatic nitrogens is 3. The van der Waals surface area contributed by atoms with Crippen LogP contribution in [-0.4, -0.2) is 21.1 Å². The summed E-state index contributed by atoms with van der Waals surface area (Å²) in [6, 6.07) is 32.4. The van der Waals surface area contributed by atoms with Gasteiger partial charge in [0.05, 0.1) is 17.4 Å². The van der Waals surface area contributed by atoms with E-state index in [0.29, 0.717) is 5.56 Å². The van der Waals surface area contributed by atoms with E-state index < -0.39 is 0 Å². The second kappa shape index (κ2) is 8.22. The van der Waals surface area contributed by atoms with Gasteiger partial charge in [0.2, 0.25) is 0 Å². The van der Waals surface area contributed by atoms with Crippen LogP contribution in [0.3, 0.4) is 0 Å². The minimum absolute atomic E-state index is 0.163. The number of nitrogens with one attached hydrogen (secondary N) is 3. The molecule has 4 aromatic carbocycles. The van der Waals surface area contributed by atoms with Crippen molar-refractivity contribution in [2.75, 3.05) is 5.32 Å². The fourth-order valence-corrected chi connectivity index (χ4v) is 5.82. The number of para-hydroxylation sites is 2. The average Bonchev–Trinajstić information content (AvgIpc) is 3.66.